The Kier molecular flexibility index (Phi) is 6.53. The molecule has 0 bridgehead atoms. The van der Waals surface area contributed by atoms with Crippen LogP contribution in [0.1, 0.15) is 10.4 Å². The molecule has 2 rings (SSSR count). The summed E-state index contributed by atoms with van der Waals surface area (Å²) in [6, 6.07) is 3.98. The van der Waals surface area contributed by atoms with Crippen LogP contribution in [0.25, 0.3) is 0 Å². The summed E-state index contributed by atoms with van der Waals surface area (Å²) in [4.78, 5) is 22.1. The van der Waals surface area contributed by atoms with Gasteiger partial charge in [0.05, 0.1) is 16.6 Å². The minimum Gasteiger partial charge on any atom is -0.391 e. The van der Waals surface area contributed by atoms with Crippen molar-refractivity contribution >= 4 is 39.9 Å². The van der Waals surface area contributed by atoms with E-state index in [-0.39, 0.29) is 29.9 Å². The molecule has 0 radical (unpaired) electrons. The lowest BCUT2D eigenvalue weighted by molar-refractivity contribution is -0.384. The molecule has 7 nitrogen and oxygen atoms in total. The van der Waals surface area contributed by atoms with Crippen LogP contribution in [0.15, 0.2) is 22.7 Å². The maximum atomic E-state index is 12.0. The Morgan fingerprint density at radius 1 is 1.52 bits per heavy atom. The number of hydrogen-bond donors (Lipinski definition) is 3. The quantitative estimate of drug-likeness (QED) is 0.536. The van der Waals surface area contributed by atoms with Crippen LogP contribution < -0.4 is 10.6 Å². The minimum atomic E-state index is -0.521. The summed E-state index contributed by atoms with van der Waals surface area (Å²) in [5, 5.41) is 26.0. The smallest absolute Gasteiger partial charge is 0.270 e. The van der Waals surface area contributed by atoms with Crippen LogP contribution in [0.2, 0.25) is 0 Å². The summed E-state index contributed by atoms with van der Waals surface area (Å²) < 4.78 is 0.370. The van der Waals surface area contributed by atoms with Gasteiger partial charge in [0.25, 0.3) is 11.6 Å². The first-order valence-corrected chi connectivity index (χ1v) is 6.89. The zero-order valence-electron chi connectivity index (χ0n) is 10.9. The molecule has 1 aliphatic heterocycles. The molecule has 1 aromatic rings. The van der Waals surface area contributed by atoms with E-state index in [1.165, 1.54) is 18.2 Å². The van der Waals surface area contributed by atoms with Crippen LogP contribution in [0, 0.1) is 16.0 Å². The van der Waals surface area contributed by atoms with Gasteiger partial charge in [-0.3, -0.25) is 14.9 Å². The van der Waals surface area contributed by atoms with Gasteiger partial charge in [-0.1, -0.05) is 0 Å². The minimum absolute atomic E-state index is 0. The molecule has 116 valence electrons. The number of β-amino-alcohol motifs (C(OH)–C–C–N with tert-alkyl or cyclic N) is 1. The number of nitrogens with one attached hydrogen (secondary N) is 2. The largest absolute Gasteiger partial charge is 0.391 e. The summed E-state index contributed by atoms with van der Waals surface area (Å²) in [6.07, 6.45) is -0.462. The molecule has 1 aromatic carbocycles. The average molecular weight is 381 g/mol. The Balaban J connectivity index is 0.00000220. The molecule has 0 spiro atoms. The van der Waals surface area contributed by atoms with Gasteiger partial charge >= 0.3 is 0 Å². The number of aliphatic hydroxyl groups excluding tert-OH is 1. The Hall–Kier alpha value is -1.22. The number of carbonyl (C=O) groups excluding carboxylic acids is 1. The fourth-order valence-electron chi connectivity index (χ4n) is 2.05. The Labute approximate surface area is 135 Å². The number of hydrogen-bond acceptors (Lipinski definition) is 5. The zero-order chi connectivity index (χ0) is 14.7. The SMILES string of the molecule is Cl.O=C(NCC1CNCC1O)c1ccc([N+](=O)[O-])cc1Br. The number of halogens is 2. The highest BCUT2D eigenvalue weighted by Crippen LogP contribution is 2.23. The molecule has 1 amide bonds. The van der Waals surface area contributed by atoms with E-state index in [0.29, 0.717) is 29.7 Å². The van der Waals surface area contributed by atoms with Gasteiger partial charge in [-0.2, -0.15) is 0 Å². The van der Waals surface area contributed by atoms with Gasteiger partial charge in [-0.05, 0) is 22.0 Å². The van der Waals surface area contributed by atoms with Crippen molar-refractivity contribution in [1.82, 2.24) is 10.6 Å². The van der Waals surface area contributed by atoms with Crippen molar-refractivity contribution in [2.24, 2.45) is 5.92 Å². The van der Waals surface area contributed by atoms with Gasteiger partial charge in [0.1, 0.15) is 0 Å². The topological polar surface area (TPSA) is 104 Å². The van der Waals surface area contributed by atoms with Gasteiger partial charge < -0.3 is 15.7 Å². The van der Waals surface area contributed by atoms with Crippen LogP contribution in [0.3, 0.4) is 0 Å². The maximum Gasteiger partial charge on any atom is 0.270 e. The second-order valence-corrected chi connectivity index (χ2v) is 5.47. The number of nitro groups is 1. The van der Waals surface area contributed by atoms with Crippen molar-refractivity contribution in [3.63, 3.8) is 0 Å². The summed E-state index contributed by atoms with van der Waals surface area (Å²) in [7, 11) is 0. The number of nitro benzene ring substituents is 1. The molecule has 1 saturated heterocycles. The Morgan fingerprint density at radius 2 is 2.24 bits per heavy atom. The van der Waals surface area contributed by atoms with Crippen LogP contribution >= 0.6 is 28.3 Å². The number of non-ortho nitro benzene ring substituents is 1. The van der Waals surface area contributed by atoms with Crippen LogP contribution in [0.4, 0.5) is 5.69 Å². The van der Waals surface area contributed by atoms with Gasteiger partial charge in [0.2, 0.25) is 0 Å². The third-order valence-corrected chi connectivity index (χ3v) is 3.89. The predicted octanol–water partition coefficient (Wildman–Crippen LogP) is 1.09. The Morgan fingerprint density at radius 3 is 2.76 bits per heavy atom. The molecule has 21 heavy (non-hydrogen) atoms. The molecule has 0 aromatic heterocycles. The van der Waals surface area contributed by atoms with E-state index in [0.717, 1.165) is 0 Å². The van der Waals surface area contributed by atoms with E-state index >= 15 is 0 Å². The number of benzene rings is 1. The number of aliphatic hydroxyl groups is 1. The van der Waals surface area contributed by atoms with Crippen molar-refractivity contribution in [2.75, 3.05) is 19.6 Å². The van der Waals surface area contributed by atoms with Gasteiger partial charge in [0.15, 0.2) is 0 Å². The third-order valence-electron chi connectivity index (χ3n) is 3.24. The van der Waals surface area contributed by atoms with Crippen LogP contribution in [-0.4, -0.2) is 41.7 Å². The lowest BCUT2D eigenvalue weighted by Crippen LogP contribution is -2.34. The standard InChI is InChI=1S/C12H14BrN3O4.ClH/c13-10-3-8(16(19)20)1-2-9(10)12(18)15-5-7-4-14-6-11(7)17;/h1-3,7,11,14,17H,4-6H2,(H,15,18);1H. The first kappa shape index (κ1) is 17.8. The molecule has 2 unspecified atom stereocenters. The predicted molar refractivity (Wildman–Crippen MR) is 82.7 cm³/mol. The molecule has 0 saturated carbocycles. The first-order chi connectivity index (χ1) is 9.49. The number of amides is 1. The molecule has 1 aliphatic rings. The third kappa shape index (κ3) is 4.37. The Bertz CT molecular complexity index is 543. The monoisotopic (exact) mass is 379 g/mol. The number of nitrogens with zero attached hydrogens (tertiary/aromatic N) is 1. The molecule has 3 N–H and O–H groups in total. The summed E-state index contributed by atoms with van der Waals surface area (Å²) in [6.45, 7) is 1.54. The maximum absolute atomic E-state index is 12.0. The lowest BCUT2D eigenvalue weighted by atomic mass is 10.1. The molecule has 0 aliphatic carbocycles. The molecular formula is C12H15BrClN3O4. The number of carbonyl (C=O) groups is 1. The number of rotatable bonds is 4. The fraction of sp³-hybridized carbons (Fsp3) is 0.417. The van der Waals surface area contributed by atoms with E-state index in [2.05, 4.69) is 26.6 Å². The molecule has 9 heteroatoms. The van der Waals surface area contributed by atoms with Gasteiger partial charge in [0, 0.05) is 42.2 Å². The molecule has 1 fully saturated rings. The highest BCUT2D eigenvalue weighted by atomic mass is 79.9. The normalized spacial score (nSPS) is 20.7. The zero-order valence-corrected chi connectivity index (χ0v) is 13.3. The molecule has 2 atom stereocenters. The van der Waals surface area contributed by atoms with E-state index < -0.39 is 11.0 Å². The van der Waals surface area contributed by atoms with Crippen molar-refractivity contribution in [3.05, 3.63) is 38.3 Å². The van der Waals surface area contributed by atoms with Gasteiger partial charge in [-0.25, -0.2) is 0 Å². The van der Waals surface area contributed by atoms with Crippen LogP contribution in [-0.2, 0) is 0 Å². The summed E-state index contributed by atoms with van der Waals surface area (Å²) in [5.41, 5.74) is 0.250. The van der Waals surface area contributed by atoms with E-state index in [4.69, 9.17) is 0 Å². The molecular weight excluding hydrogens is 366 g/mol. The van der Waals surface area contributed by atoms with Crippen molar-refractivity contribution < 1.29 is 14.8 Å². The second kappa shape index (κ2) is 7.69. The fourth-order valence-corrected chi connectivity index (χ4v) is 2.60. The highest BCUT2D eigenvalue weighted by Gasteiger charge is 2.25. The molecule has 1 heterocycles. The van der Waals surface area contributed by atoms with Crippen molar-refractivity contribution in [1.29, 1.82) is 0 Å². The van der Waals surface area contributed by atoms with E-state index in [1.54, 1.807) is 0 Å². The van der Waals surface area contributed by atoms with E-state index in [9.17, 15) is 20.0 Å². The van der Waals surface area contributed by atoms with Crippen LogP contribution in [0.5, 0.6) is 0 Å². The van der Waals surface area contributed by atoms with Crippen molar-refractivity contribution in [2.45, 2.75) is 6.10 Å². The second-order valence-electron chi connectivity index (χ2n) is 4.62. The van der Waals surface area contributed by atoms with Gasteiger partial charge in [-0.15, -0.1) is 12.4 Å². The summed E-state index contributed by atoms with van der Waals surface area (Å²) >= 11 is 3.15. The van der Waals surface area contributed by atoms with E-state index in [1.807, 2.05) is 0 Å². The lowest BCUT2D eigenvalue weighted by Gasteiger charge is -2.14. The first-order valence-electron chi connectivity index (χ1n) is 6.10. The highest BCUT2D eigenvalue weighted by molar-refractivity contribution is 9.10. The summed E-state index contributed by atoms with van der Waals surface area (Å²) in [5.74, 6) is -0.346. The average Bonchev–Trinajstić information content (AvgIpc) is 2.81. The van der Waals surface area contributed by atoms with Crippen molar-refractivity contribution in [3.8, 4) is 0 Å².